The second kappa shape index (κ2) is 7.37. The lowest BCUT2D eigenvalue weighted by Gasteiger charge is -2.41. The normalized spacial score (nSPS) is 23.9. The fraction of sp³-hybridized carbons (Fsp3) is 0.435. The Morgan fingerprint density at radius 2 is 2.00 bits per heavy atom. The Hall–Kier alpha value is -2.98. The number of fused-ring (bicyclic) bond motifs is 2. The van der Waals surface area contributed by atoms with E-state index < -0.39 is 5.60 Å². The molecule has 2 saturated heterocycles. The van der Waals surface area contributed by atoms with E-state index in [2.05, 4.69) is 16.0 Å². The van der Waals surface area contributed by atoms with E-state index in [1.54, 1.807) is 18.3 Å². The molecule has 0 N–H and O–H groups in total. The molecule has 0 radical (unpaired) electrons. The molecule has 2 bridgehead atoms. The Bertz CT molecular complexity index is 985. The van der Waals surface area contributed by atoms with Gasteiger partial charge < -0.3 is 14.5 Å². The number of halogens is 1. The number of nitrogens with zero attached hydrogens (tertiary/aromatic N) is 4. The van der Waals surface area contributed by atoms with Gasteiger partial charge in [-0.1, -0.05) is 12.1 Å². The maximum Gasteiger partial charge on any atom is 0.248 e. The minimum Gasteiger partial charge on any atom is -0.360 e. The van der Waals surface area contributed by atoms with Crippen LogP contribution in [0.5, 0.6) is 0 Å². The number of hydrogen-bond donors (Lipinski definition) is 0. The molecule has 1 aromatic carbocycles. The molecule has 154 valence electrons. The van der Waals surface area contributed by atoms with Crippen molar-refractivity contribution < 1.29 is 13.9 Å². The molecule has 2 aliphatic heterocycles. The molecule has 3 heterocycles. The van der Waals surface area contributed by atoms with Crippen molar-refractivity contribution in [1.82, 2.24) is 9.88 Å². The number of carbonyl (C=O) groups excluding carboxylic acids is 1. The van der Waals surface area contributed by atoms with E-state index in [9.17, 15) is 9.18 Å². The molecule has 1 saturated carbocycles. The number of hydrogen-bond acceptors (Lipinski definition) is 5. The third-order valence-corrected chi connectivity index (χ3v) is 6.50. The molecule has 2 atom stereocenters. The van der Waals surface area contributed by atoms with Crippen molar-refractivity contribution >= 4 is 11.7 Å². The number of rotatable bonds is 5. The van der Waals surface area contributed by atoms with Crippen molar-refractivity contribution in [3.63, 3.8) is 0 Å². The molecule has 7 heteroatoms. The molecule has 6 nitrogen and oxygen atoms in total. The number of piperazine rings is 1. The lowest BCUT2D eigenvalue weighted by atomic mass is 10.1. The number of nitriles is 1. The summed E-state index contributed by atoms with van der Waals surface area (Å²) in [4.78, 5) is 21.5. The molecular formula is C23H23FN4O2. The average Bonchev–Trinajstić information content (AvgIpc) is 3.52. The number of ether oxygens (including phenoxy) is 1. The molecule has 1 amide bonds. The second-order valence-electron chi connectivity index (χ2n) is 8.40. The molecule has 1 aliphatic carbocycles. The van der Waals surface area contributed by atoms with Gasteiger partial charge in [-0.2, -0.15) is 5.26 Å². The predicted molar refractivity (Wildman–Crippen MR) is 108 cm³/mol. The van der Waals surface area contributed by atoms with Gasteiger partial charge in [0.2, 0.25) is 5.91 Å². The van der Waals surface area contributed by atoms with E-state index in [1.807, 2.05) is 17.0 Å². The number of likely N-dealkylation sites (tertiary alicyclic amines) is 1. The zero-order chi connectivity index (χ0) is 20.7. The van der Waals surface area contributed by atoms with Crippen LogP contribution in [0.4, 0.5) is 10.2 Å². The maximum absolute atomic E-state index is 13.6. The van der Waals surface area contributed by atoms with Gasteiger partial charge in [-0.25, -0.2) is 9.37 Å². The minimum absolute atomic E-state index is 0.0120. The van der Waals surface area contributed by atoms with E-state index in [-0.39, 0.29) is 30.4 Å². The number of amides is 1. The molecule has 3 fully saturated rings. The number of benzene rings is 1. The monoisotopic (exact) mass is 406 g/mol. The number of anilines is 1. The number of pyridine rings is 1. The van der Waals surface area contributed by atoms with Crippen LogP contribution in [0.15, 0.2) is 42.6 Å². The third-order valence-electron chi connectivity index (χ3n) is 6.50. The highest BCUT2D eigenvalue weighted by Gasteiger charge is 2.47. The van der Waals surface area contributed by atoms with Crippen LogP contribution in [0.3, 0.4) is 0 Å². The van der Waals surface area contributed by atoms with Crippen molar-refractivity contribution in [3.8, 4) is 6.07 Å². The van der Waals surface area contributed by atoms with E-state index in [1.165, 1.54) is 12.1 Å². The first-order valence-corrected chi connectivity index (χ1v) is 10.4. The fourth-order valence-electron chi connectivity index (χ4n) is 4.78. The molecule has 1 aromatic heterocycles. The minimum atomic E-state index is -0.509. The lowest BCUT2D eigenvalue weighted by molar-refractivity contribution is -0.140. The summed E-state index contributed by atoms with van der Waals surface area (Å²) >= 11 is 0. The number of carbonyl (C=O) groups is 1. The van der Waals surface area contributed by atoms with Crippen LogP contribution >= 0.6 is 0 Å². The Balaban J connectivity index is 1.22. The number of aromatic nitrogens is 1. The van der Waals surface area contributed by atoms with Gasteiger partial charge in [0.25, 0.3) is 0 Å². The van der Waals surface area contributed by atoms with Crippen LogP contribution in [-0.4, -0.2) is 47.6 Å². The van der Waals surface area contributed by atoms with Crippen LogP contribution in [-0.2, 0) is 15.1 Å². The fourth-order valence-corrected chi connectivity index (χ4v) is 4.78. The van der Waals surface area contributed by atoms with Crippen molar-refractivity contribution in [2.45, 2.75) is 43.4 Å². The van der Waals surface area contributed by atoms with Gasteiger partial charge in [-0.15, -0.1) is 0 Å². The van der Waals surface area contributed by atoms with Gasteiger partial charge in [0.15, 0.2) is 0 Å². The van der Waals surface area contributed by atoms with Crippen LogP contribution in [0.1, 0.15) is 36.8 Å². The summed E-state index contributed by atoms with van der Waals surface area (Å²) < 4.78 is 19.6. The second-order valence-corrected chi connectivity index (χ2v) is 8.40. The standard InChI is InChI=1S/C23H23FN4O2/c24-18-3-1-2-17(10-18)23(8-9-23)30-15-22(29)27-13-19-5-6-20(14-27)28(19)21-7-4-16(11-25)12-26-21/h1-4,7,10,12,19-20H,5-6,8-9,13-15H2/t19-,20?/m0/s1. The van der Waals surface area contributed by atoms with Gasteiger partial charge in [0.1, 0.15) is 24.3 Å². The van der Waals surface area contributed by atoms with Crippen molar-refractivity contribution in [2.75, 3.05) is 24.6 Å². The molecule has 2 aromatic rings. The molecule has 1 unspecified atom stereocenters. The average molecular weight is 406 g/mol. The molecule has 30 heavy (non-hydrogen) atoms. The smallest absolute Gasteiger partial charge is 0.248 e. The first-order chi connectivity index (χ1) is 14.6. The topological polar surface area (TPSA) is 69.5 Å². The van der Waals surface area contributed by atoms with Crippen molar-refractivity contribution in [3.05, 3.63) is 59.5 Å². The SMILES string of the molecule is N#Cc1ccc(N2C3CC[C@H]2CN(C(=O)COC2(c4cccc(F)c4)CC2)C3)nc1. The van der Waals surface area contributed by atoms with Gasteiger partial charge in [0.05, 0.1) is 11.2 Å². The Labute approximate surface area is 174 Å². The highest BCUT2D eigenvalue weighted by molar-refractivity contribution is 5.78. The summed E-state index contributed by atoms with van der Waals surface area (Å²) in [6.07, 6.45) is 5.26. The van der Waals surface area contributed by atoms with E-state index in [0.717, 1.165) is 37.1 Å². The van der Waals surface area contributed by atoms with Gasteiger partial charge in [0, 0.05) is 31.4 Å². The predicted octanol–water partition coefficient (Wildman–Crippen LogP) is 2.98. The van der Waals surface area contributed by atoms with E-state index >= 15 is 0 Å². The lowest BCUT2D eigenvalue weighted by Crippen LogP contribution is -2.56. The summed E-state index contributed by atoms with van der Waals surface area (Å²) in [5.74, 6) is 0.577. The highest BCUT2D eigenvalue weighted by Crippen LogP contribution is 2.49. The third kappa shape index (κ3) is 3.41. The van der Waals surface area contributed by atoms with Crippen molar-refractivity contribution in [2.24, 2.45) is 0 Å². The molecule has 0 spiro atoms. The molecular weight excluding hydrogens is 383 g/mol. The summed E-state index contributed by atoms with van der Waals surface area (Å²) in [5, 5.41) is 8.97. The van der Waals surface area contributed by atoms with Gasteiger partial charge >= 0.3 is 0 Å². The summed E-state index contributed by atoms with van der Waals surface area (Å²) in [5.41, 5.74) is 0.849. The van der Waals surface area contributed by atoms with Gasteiger partial charge in [-0.3, -0.25) is 4.79 Å². The summed E-state index contributed by atoms with van der Waals surface area (Å²) in [6, 6.07) is 12.7. The quantitative estimate of drug-likeness (QED) is 0.764. The summed E-state index contributed by atoms with van der Waals surface area (Å²) in [7, 11) is 0. The summed E-state index contributed by atoms with van der Waals surface area (Å²) in [6.45, 7) is 1.31. The van der Waals surface area contributed by atoms with Crippen LogP contribution in [0, 0.1) is 17.1 Å². The largest absolute Gasteiger partial charge is 0.360 e. The van der Waals surface area contributed by atoms with E-state index in [0.29, 0.717) is 18.7 Å². The van der Waals surface area contributed by atoms with Crippen molar-refractivity contribution in [1.29, 1.82) is 5.26 Å². The van der Waals surface area contributed by atoms with Gasteiger partial charge in [-0.05, 0) is 55.5 Å². The Kier molecular flexibility index (Phi) is 4.67. The Morgan fingerprint density at radius 3 is 2.60 bits per heavy atom. The van der Waals surface area contributed by atoms with Crippen LogP contribution < -0.4 is 4.90 Å². The van der Waals surface area contributed by atoms with Crippen LogP contribution in [0.25, 0.3) is 0 Å². The zero-order valence-corrected chi connectivity index (χ0v) is 16.6. The van der Waals surface area contributed by atoms with E-state index in [4.69, 9.17) is 10.00 Å². The maximum atomic E-state index is 13.6. The Morgan fingerprint density at radius 1 is 1.23 bits per heavy atom. The molecule has 3 aliphatic rings. The first kappa shape index (κ1) is 19.0. The highest BCUT2D eigenvalue weighted by atomic mass is 19.1. The molecule has 5 rings (SSSR count). The van der Waals surface area contributed by atoms with Crippen LogP contribution in [0.2, 0.25) is 0 Å². The first-order valence-electron chi connectivity index (χ1n) is 10.4. The zero-order valence-electron chi connectivity index (χ0n) is 16.6.